The van der Waals surface area contributed by atoms with E-state index in [-0.39, 0.29) is 17.6 Å². The van der Waals surface area contributed by atoms with Crippen LogP contribution in [-0.2, 0) is 9.53 Å². The van der Waals surface area contributed by atoms with Crippen molar-refractivity contribution >= 4 is 11.7 Å². The van der Waals surface area contributed by atoms with Gasteiger partial charge < -0.3 is 14.6 Å². The van der Waals surface area contributed by atoms with E-state index in [9.17, 15) is 4.79 Å². The van der Waals surface area contributed by atoms with Crippen molar-refractivity contribution in [3.8, 4) is 0 Å². The number of ether oxygens (including phenoxy) is 1. The van der Waals surface area contributed by atoms with Crippen molar-refractivity contribution in [2.75, 3.05) is 11.9 Å². The number of amides is 1. The van der Waals surface area contributed by atoms with E-state index in [4.69, 9.17) is 9.26 Å². The molecule has 1 aromatic heterocycles. The molecule has 6 heteroatoms. The summed E-state index contributed by atoms with van der Waals surface area (Å²) in [6.45, 7) is 2.45. The molecule has 138 valence electrons. The number of rotatable bonds is 5. The summed E-state index contributed by atoms with van der Waals surface area (Å²) in [7, 11) is 0. The Kier molecular flexibility index (Phi) is 4.78. The maximum atomic E-state index is 12.9. The van der Waals surface area contributed by atoms with Gasteiger partial charge in [0.05, 0.1) is 12.2 Å². The van der Waals surface area contributed by atoms with Gasteiger partial charge in [-0.3, -0.25) is 10.1 Å². The topological polar surface area (TPSA) is 76.4 Å². The Morgan fingerprint density at radius 3 is 2.73 bits per heavy atom. The second-order valence-electron chi connectivity index (χ2n) is 7.42. The predicted octanol–water partition coefficient (Wildman–Crippen LogP) is 3.35. The van der Waals surface area contributed by atoms with E-state index >= 15 is 0 Å². The zero-order valence-electron chi connectivity index (χ0n) is 15.0. The fourth-order valence-electron chi connectivity index (χ4n) is 4.15. The third-order valence-electron chi connectivity index (χ3n) is 5.40. The van der Waals surface area contributed by atoms with Gasteiger partial charge in [-0.15, -0.1) is 0 Å². The molecule has 1 saturated heterocycles. The van der Waals surface area contributed by atoms with Gasteiger partial charge in [0, 0.05) is 12.1 Å². The number of carbonyl (C=O) groups excluding carboxylic acids is 1. The summed E-state index contributed by atoms with van der Waals surface area (Å²) in [4.78, 5) is 12.9. The molecule has 0 bridgehead atoms. The summed E-state index contributed by atoms with van der Waals surface area (Å²) in [5.74, 6) is 0.957. The normalized spacial score (nSPS) is 22.6. The lowest BCUT2D eigenvalue weighted by atomic mass is 9.95. The number of hydrogen-bond donors (Lipinski definition) is 2. The zero-order chi connectivity index (χ0) is 18.0. The van der Waals surface area contributed by atoms with Crippen LogP contribution < -0.4 is 10.6 Å². The van der Waals surface area contributed by atoms with Crippen LogP contribution in [0.5, 0.6) is 0 Å². The van der Waals surface area contributed by atoms with Crippen LogP contribution in [0, 0.1) is 6.92 Å². The van der Waals surface area contributed by atoms with Gasteiger partial charge >= 0.3 is 0 Å². The molecule has 1 spiro atoms. The van der Waals surface area contributed by atoms with Crippen molar-refractivity contribution in [3.05, 3.63) is 47.7 Å². The highest BCUT2D eigenvalue weighted by Crippen LogP contribution is 2.41. The first-order valence-electron chi connectivity index (χ1n) is 9.33. The van der Waals surface area contributed by atoms with Gasteiger partial charge in [0.25, 0.3) is 0 Å². The van der Waals surface area contributed by atoms with Gasteiger partial charge in [-0.2, -0.15) is 0 Å². The molecule has 1 aliphatic carbocycles. The summed E-state index contributed by atoms with van der Waals surface area (Å²) in [6, 6.07) is 11.2. The van der Waals surface area contributed by atoms with Crippen LogP contribution in [0.15, 0.2) is 40.9 Å². The molecule has 2 aromatic rings. The molecule has 1 aromatic carbocycles. The number of carbonyl (C=O) groups is 1. The number of benzene rings is 1. The molecule has 2 aliphatic rings. The van der Waals surface area contributed by atoms with Gasteiger partial charge in [-0.05, 0) is 31.7 Å². The standard InChI is InChI=1S/C20H25N3O3/c1-14-11-17(23-26-14)22-19(24)18(15-7-3-2-4-8-15)21-16-12-20(25-13-16)9-5-6-10-20/h2-4,7-8,11,16,18,21H,5-6,9-10,12-13H2,1H3,(H,22,23,24). The number of aryl methyl sites for hydroxylation is 1. The molecular weight excluding hydrogens is 330 g/mol. The molecule has 1 amide bonds. The van der Waals surface area contributed by atoms with E-state index in [0.29, 0.717) is 18.2 Å². The maximum Gasteiger partial charge on any atom is 0.247 e. The lowest BCUT2D eigenvalue weighted by Gasteiger charge is -2.24. The summed E-state index contributed by atoms with van der Waals surface area (Å²) in [6.07, 6.45) is 5.70. The van der Waals surface area contributed by atoms with Crippen molar-refractivity contribution in [1.29, 1.82) is 0 Å². The van der Waals surface area contributed by atoms with Crippen molar-refractivity contribution in [1.82, 2.24) is 10.5 Å². The molecular formula is C20H25N3O3. The van der Waals surface area contributed by atoms with Crippen LogP contribution in [0.3, 0.4) is 0 Å². The first-order chi connectivity index (χ1) is 12.6. The van der Waals surface area contributed by atoms with Crippen molar-refractivity contribution in [2.24, 2.45) is 0 Å². The molecule has 6 nitrogen and oxygen atoms in total. The Hall–Kier alpha value is -2.18. The van der Waals surface area contributed by atoms with Crippen LogP contribution in [0.25, 0.3) is 0 Å². The number of nitrogens with one attached hydrogen (secondary N) is 2. The second-order valence-corrected chi connectivity index (χ2v) is 7.42. The fraction of sp³-hybridized carbons (Fsp3) is 0.500. The van der Waals surface area contributed by atoms with E-state index in [0.717, 1.165) is 24.8 Å². The van der Waals surface area contributed by atoms with Gasteiger partial charge in [0.1, 0.15) is 11.8 Å². The molecule has 1 aliphatic heterocycles. The Morgan fingerprint density at radius 2 is 2.04 bits per heavy atom. The number of anilines is 1. The van der Waals surface area contributed by atoms with Gasteiger partial charge in [0.2, 0.25) is 5.91 Å². The SMILES string of the molecule is Cc1cc(NC(=O)C(NC2COC3(CCCC3)C2)c2ccccc2)no1. The van der Waals surface area contributed by atoms with Crippen molar-refractivity contribution in [2.45, 2.75) is 56.7 Å². The smallest absolute Gasteiger partial charge is 0.247 e. The van der Waals surface area contributed by atoms with Crippen molar-refractivity contribution < 1.29 is 14.1 Å². The van der Waals surface area contributed by atoms with Gasteiger partial charge in [-0.25, -0.2) is 0 Å². The van der Waals surface area contributed by atoms with Crippen LogP contribution in [0.1, 0.15) is 49.5 Å². The molecule has 0 radical (unpaired) electrons. The van der Waals surface area contributed by atoms with E-state index in [2.05, 4.69) is 15.8 Å². The summed E-state index contributed by atoms with van der Waals surface area (Å²) >= 11 is 0. The second kappa shape index (κ2) is 7.21. The predicted molar refractivity (Wildman–Crippen MR) is 97.7 cm³/mol. The maximum absolute atomic E-state index is 12.9. The number of nitrogens with zero attached hydrogens (tertiary/aromatic N) is 1. The lowest BCUT2D eigenvalue weighted by Crippen LogP contribution is -2.40. The third-order valence-corrected chi connectivity index (χ3v) is 5.40. The van der Waals surface area contributed by atoms with Crippen LogP contribution in [0.2, 0.25) is 0 Å². The monoisotopic (exact) mass is 355 g/mol. The highest BCUT2D eigenvalue weighted by atomic mass is 16.5. The van der Waals surface area contributed by atoms with E-state index in [1.54, 1.807) is 13.0 Å². The first-order valence-corrected chi connectivity index (χ1v) is 9.33. The number of aromatic nitrogens is 1. The van der Waals surface area contributed by atoms with Crippen molar-refractivity contribution in [3.63, 3.8) is 0 Å². The molecule has 2 N–H and O–H groups in total. The molecule has 26 heavy (non-hydrogen) atoms. The van der Waals surface area contributed by atoms with Gasteiger partial charge in [0.15, 0.2) is 5.82 Å². The Morgan fingerprint density at radius 1 is 1.27 bits per heavy atom. The van der Waals surface area contributed by atoms with E-state index < -0.39 is 6.04 Å². The summed E-state index contributed by atoms with van der Waals surface area (Å²) in [5, 5.41) is 10.2. The van der Waals surface area contributed by atoms with Crippen LogP contribution in [-0.4, -0.2) is 29.3 Å². The minimum atomic E-state index is -0.460. The molecule has 4 rings (SSSR count). The third kappa shape index (κ3) is 3.66. The Balaban J connectivity index is 1.49. The fourth-order valence-corrected chi connectivity index (χ4v) is 4.15. The van der Waals surface area contributed by atoms with Crippen LogP contribution >= 0.6 is 0 Å². The zero-order valence-corrected chi connectivity index (χ0v) is 15.0. The average Bonchev–Trinajstić information content (AvgIpc) is 3.37. The highest BCUT2D eigenvalue weighted by molar-refractivity contribution is 5.94. The van der Waals surface area contributed by atoms with E-state index in [1.807, 2.05) is 30.3 Å². The van der Waals surface area contributed by atoms with E-state index in [1.165, 1.54) is 12.8 Å². The Bertz CT molecular complexity index is 753. The number of hydrogen-bond acceptors (Lipinski definition) is 5. The highest BCUT2D eigenvalue weighted by Gasteiger charge is 2.43. The molecule has 2 unspecified atom stereocenters. The lowest BCUT2D eigenvalue weighted by molar-refractivity contribution is -0.118. The minimum absolute atomic E-state index is 0.0264. The quantitative estimate of drug-likeness (QED) is 0.860. The minimum Gasteiger partial charge on any atom is -0.373 e. The first kappa shape index (κ1) is 17.2. The molecule has 2 fully saturated rings. The molecule has 2 atom stereocenters. The molecule has 2 heterocycles. The summed E-state index contributed by atoms with van der Waals surface area (Å²) in [5.41, 5.74) is 0.955. The Labute approximate surface area is 153 Å². The van der Waals surface area contributed by atoms with Crippen LogP contribution in [0.4, 0.5) is 5.82 Å². The summed E-state index contributed by atoms with van der Waals surface area (Å²) < 4.78 is 11.2. The largest absolute Gasteiger partial charge is 0.373 e. The van der Waals surface area contributed by atoms with Gasteiger partial charge in [-0.1, -0.05) is 48.3 Å². The average molecular weight is 355 g/mol. The molecule has 1 saturated carbocycles.